The van der Waals surface area contributed by atoms with Gasteiger partial charge in [0, 0.05) is 17.7 Å². The minimum Gasteiger partial charge on any atom is -0.466 e. The smallest absolute Gasteiger partial charge is 0.308 e. The molecule has 108 valence electrons. The van der Waals surface area contributed by atoms with Crippen LogP contribution in [-0.4, -0.2) is 42.2 Å². The minimum atomic E-state index is -0.0823. The Labute approximate surface area is 118 Å². The summed E-state index contributed by atoms with van der Waals surface area (Å²) in [6.45, 7) is 2.27. The van der Waals surface area contributed by atoms with Crippen molar-refractivity contribution in [1.29, 1.82) is 0 Å². The number of esters is 1. The van der Waals surface area contributed by atoms with E-state index in [0.29, 0.717) is 6.61 Å². The topological polar surface area (TPSA) is 67.4 Å². The van der Waals surface area contributed by atoms with Gasteiger partial charge in [-0.2, -0.15) is 0 Å². The summed E-state index contributed by atoms with van der Waals surface area (Å²) < 4.78 is 5.04. The Hall–Kier alpha value is -0.750. The molecule has 19 heavy (non-hydrogen) atoms. The predicted molar refractivity (Wildman–Crippen MR) is 74.8 cm³/mol. The van der Waals surface area contributed by atoms with E-state index in [4.69, 9.17) is 4.74 Å². The summed E-state index contributed by atoms with van der Waals surface area (Å²) >= 11 is 1.75. The maximum Gasteiger partial charge on any atom is 0.308 e. The molecule has 0 bridgehead atoms. The van der Waals surface area contributed by atoms with Gasteiger partial charge >= 0.3 is 5.97 Å². The molecule has 0 radical (unpaired) electrons. The molecule has 5 nitrogen and oxygen atoms in total. The third-order valence-electron chi connectivity index (χ3n) is 3.73. The van der Waals surface area contributed by atoms with Crippen LogP contribution in [0.5, 0.6) is 0 Å². The predicted octanol–water partition coefficient (Wildman–Crippen LogP) is 0.887. The summed E-state index contributed by atoms with van der Waals surface area (Å²) in [7, 11) is 0. The molecule has 6 heteroatoms. The zero-order chi connectivity index (χ0) is 13.7. The van der Waals surface area contributed by atoms with Crippen molar-refractivity contribution < 1.29 is 14.3 Å². The molecule has 2 aliphatic rings. The van der Waals surface area contributed by atoms with E-state index in [9.17, 15) is 9.59 Å². The van der Waals surface area contributed by atoms with Gasteiger partial charge in [-0.25, -0.2) is 0 Å². The monoisotopic (exact) mass is 286 g/mol. The van der Waals surface area contributed by atoms with Crippen molar-refractivity contribution in [1.82, 2.24) is 10.6 Å². The van der Waals surface area contributed by atoms with E-state index in [2.05, 4.69) is 10.6 Å². The molecule has 0 aromatic carbocycles. The van der Waals surface area contributed by atoms with Gasteiger partial charge in [-0.3, -0.25) is 14.9 Å². The molecule has 1 aliphatic carbocycles. The van der Waals surface area contributed by atoms with Crippen LogP contribution in [0.4, 0.5) is 0 Å². The Morgan fingerprint density at radius 2 is 2.05 bits per heavy atom. The standard InChI is InChI=1S/C13H22N2O3S/c1-2-18-13(17)9-3-5-10(6-4-9)15-12(16)11-7-19-8-14-11/h9-11,14H,2-8H2,1H3,(H,15,16). The highest BCUT2D eigenvalue weighted by Crippen LogP contribution is 2.25. The molecule has 2 fully saturated rings. The van der Waals surface area contributed by atoms with E-state index in [1.165, 1.54) is 0 Å². The maximum absolute atomic E-state index is 12.0. The summed E-state index contributed by atoms with van der Waals surface area (Å²) in [5, 5.41) is 6.25. The lowest BCUT2D eigenvalue weighted by atomic mass is 9.86. The molecule has 2 rings (SSSR count). The van der Waals surface area contributed by atoms with E-state index >= 15 is 0 Å². The number of hydrogen-bond acceptors (Lipinski definition) is 5. The average Bonchev–Trinajstić information content (AvgIpc) is 2.94. The number of ether oxygens (including phenoxy) is 1. The zero-order valence-corrected chi connectivity index (χ0v) is 12.1. The van der Waals surface area contributed by atoms with Crippen molar-refractivity contribution in [2.45, 2.75) is 44.7 Å². The fourth-order valence-corrected chi connectivity index (χ4v) is 3.54. The largest absolute Gasteiger partial charge is 0.466 e. The fourth-order valence-electron chi connectivity index (χ4n) is 2.60. The van der Waals surface area contributed by atoms with Gasteiger partial charge < -0.3 is 10.1 Å². The first-order valence-corrected chi connectivity index (χ1v) is 8.14. The Morgan fingerprint density at radius 3 is 2.63 bits per heavy atom. The summed E-state index contributed by atoms with van der Waals surface area (Å²) in [5.74, 6) is 1.75. The van der Waals surface area contributed by atoms with E-state index in [1.54, 1.807) is 11.8 Å². The summed E-state index contributed by atoms with van der Waals surface area (Å²) in [4.78, 5) is 23.6. The molecule has 1 unspecified atom stereocenters. The van der Waals surface area contributed by atoms with Gasteiger partial charge in [0.15, 0.2) is 0 Å². The molecule has 2 N–H and O–H groups in total. The van der Waals surface area contributed by atoms with Crippen molar-refractivity contribution >= 4 is 23.6 Å². The molecule has 1 saturated carbocycles. The molecule has 0 spiro atoms. The molecular formula is C13H22N2O3S. The van der Waals surface area contributed by atoms with Crippen LogP contribution in [0.15, 0.2) is 0 Å². The van der Waals surface area contributed by atoms with Crippen LogP contribution < -0.4 is 10.6 Å². The molecule has 0 aromatic rings. The first-order chi connectivity index (χ1) is 9.20. The summed E-state index contributed by atoms with van der Waals surface area (Å²) in [5.41, 5.74) is 0. The van der Waals surface area contributed by atoms with Gasteiger partial charge in [-0.1, -0.05) is 0 Å². The number of hydrogen-bond donors (Lipinski definition) is 2. The summed E-state index contributed by atoms with van der Waals surface area (Å²) in [6.07, 6.45) is 3.37. The zero-order valence-electron chi connectivity index (χ0n) is 11.3. The van der Waals surface area contributed by atoms with Crippen LogP contribution in [0.2, 0.25) is 0 Å². The molecule has 1 atom stereocenters. The van der Waals surface area contributed by atoms with E-state index in [1.807, 2.05) is 6.92 Å². The van der Waals surface area contributed by atoms with Crippen molar-refractivity contribution in [2.24, 2.45) is 5.92 Å². The molecule has 1 amide bonds. The van der Waals surface area contributed by atoms with Gasteiger partial charge in [0.25, 0.3) is 0 Å². The number of thioether (sulfide) groups is 1. The summed E-state index contributed by atoms with van der Waals surface area (Å²) in [6, 6.07) is 0.165. The normalized spacial score (nSPS) is 30.9. The van der Waals surface area contributed by atoms with Crippen molar-refractivity contribution in [3.05, 3.63) is 0 Å². The number of rotatable bonds is 4. The lowest BCUT2D eigenvalue weighted by Gasteiger charge is -2.28. The highest BCUT2D eigenvalue weighted by Gasteiger charge is 2.30. The highest BCUT2D eigenvalue weighted by molar-refractivity contribution is 7.99. The highest BCUT2D eigenvalue weighted by atomic mass is 32.2. The van der Waals surface area contributed by atoms with Crippen LogP contribution in [0.3, 0.4) is 0 Å². The molecular weight excluding hydrogens is 264 g/mol. The second kappa shape index (κ2) is 7.14. The molecule has 1 saturated heterocycles. The van der Waals surface area contributed by atoms with E-state index in [-0.39, 0.29) is 29.9 Å². The Bertz CT molecular complexity index is 324. The van der Waals surface area contributed by atoms with Crippen LogP contribution >= 0.6 is 11.8 Å². The number of carbonyl (C=O) groups is 2. The third kappa shape index (κ3) is 4.11. The second-order valence-corrected chi connectivity index (χ2v) is 6.11. The molecule has 1 aliphatic heterocycles. The van der Waals surface area contributed by atoms with E-state index < -0.39 is 0 Å². The Balaban J connectivity index is 1.71. The number of carbonyl (C=O) groups excluding carboxylic acids is 2. The maximum atomic E-state index is 12.0. The first kappa shape index (κ1) is 14.7. The lowest BCUT2D eigenvalue weighted by molar-refractivity contribution is -0.149. The lowest BCUT2D eigenvalue weighted by Crippen LogP contribution is -2.47. The van der Waals surface area contributed by atoms with Crippen LogP contribution in [0.25, 0.3) is 0 Å². The number of nitrogens with one attached hydrogen (secondary N) is 2. The van der Waals surface area contributed by atoms with E-state index in [0.717, 1.165) is 37.3 Å². The van der Waals surface area contributed by atoms with Crippen LogP contribution in [-0.2, 0) is 14.3 Å². The SMILES string of the molecule is CCOC(=O)C1CCC(NC(=O)C2CSCN2)CC1. The van der Waals surface area contributed by atoms with Crippen LogP contribution in [0.1, 0.15) is 32.6 Å². The minimum absolute atomic E-state index is 0.0215. The fraction of sp³-hybridized carbons (Fsp3) is 0.846. The van der Waals surface area contributed by atoms with Gasteiger partial charge in [-0.05, 0) is 32.6 Å². The average molecular weight is 286 g/mol. The quantitative estimate of drug-likeness (QED) is 0.751. The van der Waals surface area contributed by atoms with Crippen molar-refractivity contribution in [3.8, 4) is 0 Å². The Kier molecular flexibility index (Phi) is 5.51. The molecule has 0 aromatic heterocycles. The first-order valence-electron chi connectivity index (χ1n) is 6.99. The Morgan fingerprint density at radius 1 is 1.32 bits per heavy atom. The number of amides is 1. The van der Waals surface area contributed by atoms with Gasteiger partial charge in [0.05, 0.1) is 18.6 Å². The van der Waals surface area contributed by atoms with Gasteiger partial charge in [0.1, 0.15) is 0 Å². The van der Waals surface area contributed by atoms with Gasteiger partial charge in [-0.15, -0.1) is 11.8 Å². The second-order valence-electron chi connectivity index (χ2n) is 5.08. The van der Waals surface area contributed by atoms with Crippen molar-refractivity contribution in [3.63, 3.8) is 0 Å². The van der Waals surface area contributed by atoms with Gasteiger partial charge in [0.2, 0.25) is 5.91 Å². The van der Waals surface area contributed by atoms with Crippen LogP contribution in [0, 0.1) is 5.92 Å². The van der Waals surface area contributed by atoms with Crippen molar-refractivity contribution in [2.75, 3.05) is 18.2 Å². The molecule has 1 heterocycles. The third-order valence-corrected chi connectivity index (χ3v) is 4.67.